The van der Waals surface area contributed by atoms with Crippen LogP contribution in [0.5, 0.6) is 0 Å². The van der Waals surface area contributed by atoms with Gasteiger partial charge in [0, 0.05) is 16.6 Å². The summed E-state index contributed by atoms with van der Waals surface area (Å²) >= 11 is 5.01. The molecule has 3 rings (SSSR count). The molecule has 3 aromatic rings. The molecule has 0 bridgehead atoms. The maximum absolute atomic E-state index is 4.67. The zero-order valence-electron chi connectivity index (χ0n) is 11.5. The molecule has 0 amide bonds. The largest absolute Gasteiger partial charge is 0.279 e. The number of halogens is 1. The van der Waals surface area contributed by atoms with Gasteiger partial charge < -0.3 is 0 Å². The highest BCUT2D eigenvalue weighted by Gasteiger charge is 2.07. The molecule has 0 aliphatic heterocycles. The van der Waals surface area contributed by atoms with Crippen LogP contribution in [-0.2, 0) is 6.54 Å². The number of nitrogens with zero attached hydrogens (tertiary/aromatic N) is 3. The average molecular weight is 360 g/mol. The summed E-state index contributed by atoms with van der Waals surface area (Å²) in [7, 11) is 0. The number of rotatable bonds is 3. The van der Waals surface area contributed by atoms with Gasteiger partial charge in [-0.05, 0) is 42.7 Å². The first-order valence-corrected chi connectivity index (χ1v) is 8.27. The molecule has 0 aliphatic rings. The SMILES string of the molecule is CCn1sc(=Nc2ccc(Br)cc2)nc1-c1ccccc1. The predicted molar refractivity (Wildman–Crippen MR) is 90.6 cm³/mol. The number of aryl methyl sites for hydroxylation is 1. The lowest BCUT2D eigenvalue weighted by molar-refractivity contribution is 0.833. The third kappa shape index (κ3) is 3.31. The Hall–Kier alpha value is -1.72. The van der Waals surface area contributed by atoms with Crippen molar-refractivity contribution in [1.82, 2.24) is 8.94 Å². The molecule has 0 radical (unpaired) electrons. The van der Waals surface area contributed by atoms with Crippen LogP contribution in [0, 0.1) is 0 Å². The Bertz CT molecular complexity index is 788. The Labute approximate surface area is 135 Å². The van der Waals surface area contributed by atoms with Crippen LogP contribution in [-0.4, -0.2) is 8.94 Å². The summed E-state index contributed by atoms with van der Waals surface area (Å²) in [6, 6.07) is 18.1. The molecule has 0 saturated heterocycles. The van der Waals surface area contributed by atoms with Crippen LogP contribution in [0.3, 0.4) is 0 Å². The van der Waals surface area contributed by atoms with Crippen molar-refractivity contribution in [3.8, 4) is 11.4 Å². The van der Waals surface area contributed by atoms with Crippen molar-refractivity contribution in [1.29, 1.82) is 0 Å². The van der Waals surface area contributed by atoms with E-state index >= 15 is 0 Å². The molecule has 0 N–H and O–H groups in total. The molecule has 0 aliphatic carbocycles. The lowest BCUT2D eigenvalue weighted by Crippen LogP contribution is -1.96. The Morgan fingerprint density at radius 2 is 1.81 bits per heavy atom. The highest BCUT2D eigenvalue weighted by Crippen LogP contribution is 2.19. The lowest BCUT2D eigenvalue weighted by atomic mass is 10.2. The van der Waals surface area contributed by atoms with E-state index in [1.165, 1.54) is 0 Å². The highest BCUT2D eigenvalue weighted by atomic mass is 79.9. The van der Waals surface area contributed by atoms with Crippen LogP contribution in [0.25, 0.3) is 11.4 Å². The van der Waals surface area contributed by atoms with Crippen LogP contribution in [0.15, 0.2) is 64.1 Å². The van der Waals surface area contributed by atoms with Gasteiger partial charge in [-0.3, -0.25) is 3.96 Å². The fourth-order valence-electron chi connectivity index (χ4n) is 1.99. The highest BCUT2D eigenvalue weighted by molar-refractivity contribution is 9.10. The summed E-state index contributed by atoms with van der Waals surface area (Å²) in [6.07, 6.45) is 0. The maximum Gasteiger partial charge on any atom is 0.227 e. The van der Waals surface area contributed by atoms with Crippen molar-refractivity contribution < 1.29 is 0 Å². The van der Waals surface area contributed by atoms with Gasteiger partial charge in [-0.1, -0.05) is 46.3 Å². The zero-order chi connectivity index (χ0) is 14.7. The first kappa shape index (κ1) is 14.2. The summed E-state index contributed by atoms with van der Waals surface area (Å²) < 4.78 is 3.21. The average Bonchev–Trinajstić information content (AvgIpc) is 2.93. The summed E-state index contributed by atoms with van der Waals surface area (Å²) in [4.78, 5) is 10.1. The summed E-state index contributed by atoms with van der Waals surface area (Å²) in [6.45, 7) is 3.01. The zero-order valence-corrected chi connectivity index (χ0v) is 13.9. The minimum Gasteiger partial charge on any atom is -0.279 e. The fourth-order valence-corrected chi connectivity index (χ4v) is 3.09. The van der Waals surface area contributed by atoms with E-state index in [4.69, 9.17) is 0 Å². The molecule has 3 nitrogen and oxygen atoms in total. The van der Waals surface area contributed by atoms with Crippen LogP contribution in [0.4, 0.5) is 5.69 Å². The second-order valence-electron chi connectivity index (χ2n) is 4.46. The molecule has 21 heavy (non-hydrogen) atoms. The van der Waals surface area contributed by atoms with Crippen molar-refractivity contribution in [2.24, 2.45) is 4.99 Å². The number of benzene rings is 2. The van der Waals surface area contributed by atoms with Gasteiger partial charge in [-0.15, -0.1) is 0 Å². The van der Waals surface area contributed by atoms with Gasteiger partial charge in [0.15, 0.2) is 5.82 Å². The molecular formula is C16H14BrN3S. The van der Waals surface area contributed by atoms with Gasteiger partial charge in [0.05, 0.1) is 5.69 Å². The maximum atomic E-state index is 4.67. The standard InChI is InChI=1S/C16H14BrN3S/c1-2-20-15(12-6-4-3-5-7-12)19-16(21-20)18-14-10-8-13(17)9-11-14/h3-11H,2H2,1H3. The minimum absolute atomic E-state index is 0.776. The molecule has 106 valence electrons. The van der Waals surface area contributed by atoms with Crippen molar-refractivity contribution >= 4 is 33.1 Å². The third-order valence-corrected chi connectivity index (χ3v) is 4.53. The van der Waals surface area contributed by atoms with E-state index in [9.17, 15) is 0 Å². The molecule has 0 atom stereocenters. The molecular weight excluding hydrogens is 346 g/mol. The van der Waals surface area contributed by atoms with E-state index in [2.05, 4.69) is 48.9 Å². The number of hydrogen-bond donors (Lipinski definition) is 0. The lowest BCUT2D eigenvalue weighted by Gasteiger charge is -2.01. The number of hydrogen-bond acceptors (Lipinski definition) is 3. The molecule has 0 unspecified atom stereocenters. The van der Waals surface area contributed by atoms with Gasteiger partial charge in [0.25, 0.3) is 0 Å². The summed E-state index contributed by atoms with van der Waals surface area (Å²) in [5.74, 6) is 0.971. The van der Waals surface area contributed by atoms with Gasteiger partial charge >= 0.3 is 0 Å². The van der Waals surface area contributed by atoms with Crippen LogP contribution in [0.1, 0.15) is 6.92 Å². The van der Waals surface area contributed by atoms with E-state index in [0.29, 0.717) is 0 Å². The number of aromatic nitrogens is 2. The Morgan fingerprint density at radius 1 is 1.10 bits per heavy atom. The van der Waals surface area contributed by atoms with E-state index in [0.717, 1.165) is 32.9 Å². The second kappa shape index (κ2) is 6.37. The summed E-state index contributed by atoms with van der Waals surface area (Å²) in [5.41, 5.74) is 2.03. The molecule has 0 spiro atoms. The van der Waals surface area contributed by atoms with E-state index in [-0.39, 0.29) is 0 Å². The smallest absolute Gasteiger partial charge is 0.227 e. The quantitative estimate of drug-likeness (QED) is 0.670. The Kier molecular flexibility index (Phi) is 4.31. The van der Waals surface area contributed by atoms with E-state index in [1.54, 1.807) is 11.5 Å². The Morgan fingerprint density at radius 3 is 2.48 bits per heavy atom. The molecule has 0 saturated carbocycles. The van der Waals surface area contributed by atoms with Gasteiger partial charge in [0.1, 0.15) is 0 Å². The predicted octanol–water partition coefficient (Wildman–Crippen LogP) is 4.63. The van der Waals surface area contributed by atoms with Crippen molar-refractivity contribution in [2.45, 2.75) is 13.5 Å². The third-order valence-electron chi connectivity index (χ3n) is 3.00. The second-order valence-corrected chi connectivity index (χ2v) is 6.36. The summed E-state index contributed by atoms with van der Waals surface area (Å²) in [5, 5.41) is 0. The molecule has 1 heterocycles. The van der Waals surface area contributed by atoms with Crippen molar-refractivity contribution in [3.63, 3.8) is 0 Å². The molecule has 1 aromatic heterocycles. The topological polar surface area (TPSA) is 30.2 Å². The first-order valence-electron chi connectivity index (χ1n) is 6.70. The van der Waals surface area contributed by atoms with Crippen LogP contribution < -0.4 is 4.80 Å². The van der Waals surface area contributed by atoms with Crippen molar-refractivity contribution in [3.05, 3.63) is 63.9 Å². The van der Waals surface area contributed by atoms with Crippen molar-refractivity contribution in [2.75, 3.05) is 0 Å². The Balaban J connectivity index is 2.05. The van der Waals surface area contributed by atoms with Gasteiger partial charge in [0.2, 0.25) is 4.80 Å². The van der Waals surface area contributed by atoms with E-state index < -0.39 is 0 Å². The molecule has 0 fully saturated rings. The van der Waals surface area contributed by atoms with Crippen LogP contribution in [0.2, 0.25) is 0 Å². The molecule has 5 heteroatoms. The normalized spacial score (nSPS) is 11.8. The van der Waals surface area contributed by atoms with Gasteiger partial charge in [-0.2, -0.15) is 4.98 Å². The monoisotopic (exact) mass is 359 g/mol. The molecule has 2 aromatic carbocycles. The van der Waals surface area contributed by atoms with Crippen LogP contribution >= 0.6 is 27.5 Å². The first-order chi connectivity index (χ1) is 10.3. The fraction of sp³-hybridized carbons (Fsp3) is 0.125. The minimum atomic E-state index is 0.776. The van der Waals surface area contributed by atoms with E-state index in [1.807, 2.05) is 42.5 Å². The van der Waals surface area contributed by atoms with Gasteiger partial charge in [-0.25, -0.2) is 4.99 Å².